The molecule has 1 aromatic heterocycles. The van der Waals surface area contributed by atoms with E-state index in [1.165, 1.54) is 21.8 Å². The van der Waals surface area contributed by atoms with Crippen LogP contribution >= 0.6 is 0 Å². The highest BCUT2D eigenvalue weighted by Gasteiger charge is 2.47. The normalized spacial score (nSPS) is 15.1. The maximum Gasteiger partial charge on any atom is 0.257 e. The van der Waals surface area contributed by atoms with Crippen molar-refractivity contribution in [2.75, 3.05) is 9.80 Å². The van der Waals surface area contributed by atoms with Crippen molar-refractivity contribution in [2.24, 2.45) is 0 Å². The number of nitrogens with zero attached hydrogens (tertiary/aromatic N) is 2. The van der Waals surface area contributed by atoms with Gasteiger partial charge in [0.2, 0.25) is 5.88 Å². The van der Waals surface area contributed by atoms with Crippen molar-refractivity contribution in [1.29, 1.82) is 0 Å². The van der Waals surface area contributed by atoms with Gasteiger partial charge >= 0.3 is 0 Å². The Bertz CT molecular complexity index is 2890. The van der Waals surface area contributed by atoms with E-state index in [1.807, 2.05) is 12.1 Å². The maximum atomic E-state index is 9.01. The molecule has 0 aliphatic carbocycles. The molecule has 0 saturated carbocycles. The molecule has 59 heavy (non-hydrogen) atoms. The quantitative estimate of drug-likeness (QED) is 0.166. The van der Waals surface area contributed by atoms with Gasteiger partial charge in [-0.1, -0.05) is 166 Å². The number of anilines is 6. The first kappa shape index (κ1) is 35.7. The van der Waals surface area contributed by atoms with Gasteiger partial charge in [0.25, 0.3) is 6.71 Å². The molecule has 6 aromatic carbocycles. The summed E-state index contributed by atoms with van der Waals surface area (Å²) in [5, 5.41) is 2.43. The number of hydrogen-bond acceptors (Lipinski definition) is 3. The van der Waals surface area contributed by atoms with E-state index >= 15 is 0 Å². The SMILES string of the molecule is [2H]C([2H])([2H])c1cc2c3c(c1)N(c1ccc(C(C)(C)C)cc1-c1ccccc1)c1oc4c(C(C)(C)C)cccc4c1B3c1ccc([Si](C)(C)C)cc1N2c1ccc(C(C)(C)C)cc1. The van der Waals surface area contributed by atoms with Gasteiger partial charge < -0.3 is 9.32 Å². The summed E-state index contributed by atoms with van der Waals surface area (Å²) < 4.78 is 34.4. The van der Waals surface area contributed by atoms with Gasteiger partial charge in [0.1, 0.15) is 5.58 Å². The van der Waals surface area contributed by atoms with Gasteiger partial charge in [-0.05, 0) is 98.7 Å². The number of fused-ring (bicyclic) bond motifs is 6. The number of para-hydroxylation sites is 1. The summed E-state index contributed by atoms with van der Waals surface area (Å²) in [6.07, 6.45) is 0. The molecule has 5 heteroatoms. The van der Waals surface area contributed by atoms with Gasteiger partial charge in [-0.3, -0.25) is 4.90 Å². The standard InChI is InChI=1S/C54H59BN2OSi/c1-34-30-46-49-47(31-34)57(44-29-24-37(53(5,6)7)32-41(44)35-18-15-14-16-19-35)51-48(40-20-17-21-42(50(40)58-51)54(8,9)10)55(49)43-28-27-39(59(11,12)13)33-45(43)56(46)38-25-22-36(23-26-38)52(2,3)4/h14-33H,1-13H3/i1D3. The van der Waals surface area contributed by atoms with Crippen LogP contribution in [0.15, 0.2) is 126 Å². The van der Waals surface area contributed by atoms with E-state index in [0.29, 0.717) is 5.56 Å². The van der Waals surface area contributed by atoms with E-state index in [-0.39, 0.29) is 23.0 Å². The number of benzene rings is 6. The van der Waals surface area contributed by atoms with Crippen molar-refractivity contribution in [3.8, 4) is 11.1 Å². The fraction of sp³-hybridized carbons (Fsp3) is 0.296. The average Bonchev–Trinajstić information content (AvgIpc) is 3.58. The van der Waals surface area contributed by atoms with Crippen LogP contribution in [0.4, 0.5) is 34.3 Å². The molecule has 2 aliphatic heterocycles. The summed E-state index contributed by atoms with van der Waals surface area (Å²) >= 11 is 0. The summed E-state index contributed by atoms with van der Waals surface area (Å²) in [5.74, 6) is 0.728. The van der Waals surface area contributed by atoms with Gasteiger partial charge in [-0.15, -0.1) is 0 Å². The number of furan rings is 1. The van der Waals surface area contributed by atoms with Crippen LogP contribution in [-0.2, 0) is 16.2 Å². The Labute approximate surface area is 358 Å². The fourth-order valence-electron chi connectivity index (χ4n) is 9.27. The second kappa shape index (κ2) is 13.4. The van der Waals surface area contributed by atoms with Crippen LogP contribution in [0, 0.1) is 6.85 Å². The van der Waals surface area contributed by atoms with Crippen LogP contribution < -0.4 is 31.4 Å². The minimum Gasteiger partial charge on any atom is -0.440 e. The molecule has 0 saturated heterocycles. The second-order valence-corrected chi connectivity index (χ2v) is 26.0. The first-order valence-corrected chi connectivity index (χ1v) is 24.7. The smallest absolute Gasteiger partial charge is 0.257 e. The third kappa shape index (κ3) is 6.48. The third-order valence-electron chi connectivity index (χ3n) is 12.6. The highest BCUT2D eigenvalue weighted by molar-refractivity contribution is 7.01. The van der Waals surface area contributed by atoms with Crippen molar-refractivity contribution in [2.45, 2.75) is 105 Å². The summed E-state index contributed by atoms with van der Waals surface area (Å²) in [6, 6.07) is 43.8. The van der Waals surface area contributed by atoms with Crippen LogP contribution in [0.1, 0.15) is 88.7 Å². The van der Waals surface area contributed by atoms with Crippen LogP contribution in [0.2, 0.25) is 19.6 Å². The van der Waals surface area contributed by atoms with Gasteiger partial charge in [-0.2, -0.15) is 0 Å². The molecule has 3 heterocycles. The molecular formula is C54H59BN2OSi. The third-order valence-corrected chi connectivity index (χ3v) is 14.6. The van der Waals surface area contributed by atoms with Crippen molar-refractivity contribution in [3.05, 3.63) is 144 Å². The fourth-order valence-corrected chi connectivity index (χ4v) is 10.4. The van der Waals surface area contributed by atoms with E-state index < -0.39 is 14.9 Å². The molecule has 2 aliphatic rings. The van der Waals surface area contributed by atoms with Crippen LogP contribution in [-0.4, -0.2) is 14.8 Å². The number of rotatable bonds is 4. The highest BCUT2D eigenvalue weighted by Crippen LogP contribution is 2.49. The van der Waals surface area contributed by atoms with E-state index in [1.54, 1.807) is 0 Å². The molecule has 0 fully saturated rings. The Balaban J connectivity index is 1.46. The molecule has 0 unspecified atom stereocenters. The average molecular weight is 794 g/mol. The lowest BCUT2D eigenvalue weighted by molar-refractivity contribution is 0.562. The molecule has 7 aromatic rings. The van der Waals surface area contributed by atoms with Crippen LogP contribution in [0.25, 0.3) is 22.1 Å². The molecule has 0 bridgehead atoms. The van der Waals surface area contributed by atoms with Gasteiger partial charge in [0.05, 0.1) is 13.8 Å². The Morgan fingerprint density at radius 2 is 1.24 bits per heavy atom. The van der Waals surface area contributed by atoms with Gasteiger partial charge in [-0.25, -0.2) is 0 Å². The molecule has 298 valence electrons. The molecule has 3 nitrogen and oxygen atoms in total. The first-order valence-electron chi connectivity index (χ1n) is 22.7. The zero-order valence-electron chi connectivity index (χ0n) is 39.9. The Morgan fingerprint density at radius 1 is 0.576 bits per heavy atom. The summed E-state index contributed by atoms with van der Waals surface area (Å²) in [7, 11) is -1.80. The van der Waals surface area contributed by atoms with E-state index in [9.17, 15) is 0 Å². The summed E-state index contributed by atoms with van der Waals surface area (Å²) in [4.78, 5) is 4.60. The predicted octanol–water partition coefficient (Wildman–Crippen LogP) is 12.9. The zero-order valence-corrected chi connectivity index (χ0v) is 37.9. The van der Waals surface area contributed by atoms with Gasteiger partial charge in [0, 0.05) is 48.8 Å². The van der Waals surface area contributed by atoms with E-state index in [4.69, 9.17) is 8.53 Å². The predicted molar refractivity (Wildman–Crippen MR) is 259 cm³/mol. The Kier molecular flexibility index (Phi) is 8.09. The minimum absolute atomic E-state index is 0.0288. The Hall–Kier alpha value is -5.26. The summed E-state index contributed by atoms with van der Waals surface area (Å²) in [6.45, 7) is 24.7. The number of hydrogen-bond donors (Lipinski definition) is 0. The van der Waals surface area contributed by atoms with Gasteiger partial charge in [0.15, 0.2) is 0 Å². The minimum atomic E-state index is -2.39. The molecule has 0 atom stereocenters. The Morgan fingerprint density at radius 3 is 1.86 bits per heavy atom. The van der Waals surface area contributed by atoms with Crippen molar-refractivity contribution >= 4 is 81.7 Å². The molecular weight excluding hydrogens is 732 g/mol. The van der Waals surface area contributed by atoms with Crippen molar-refractivity contribution in [3.63, 3.8) is 0 Å². The van der Waals surface area contributed by atoms with Crippen molar-refractivity contribution < 1.29 is 8.53 Å². The maximum absolute atomic E-state index is 9.01. The lowest BCUT2D eigenvalue weighted by Gasteiger charge is -2.43. The van der Waals surface area contributed by atoms with Crippen molar-refractivity contribution in [1.82, 2.24) is 0 Å². The lowest BCUT2D eigenvalue weighted by atomic mass is 9.33. The van der Waals surface area contributed by atoms with Crippen LogP contribution in [0.5, 0.6) is 0 Å². The molecule has 0 N–H and O–H groups in total. The number of aryl methyl sites for hydroxylation is 1. The summed E-state index contributed by atoms with van der Waals surface area (Å²) in [5.41, 5.74) is 14.6. The first-order chi connectivity index (χ1) is 28.9. The zero-order chi connectivity index (χ0) is 44.5. The molecule has 0 amide bonds. The molecule has 0 spiro atoms. The van der Waals surface area contributed by atoms with E-state index in [0.717, 1.165) is 72.9 Å². The molecule has 9 rings (SSSR count). The topological polar surface area (TPSA) is 19.6 Å². The molecule has 0 radical (unpaired) electrons. The van der Waals surface area contributed by atoms with Crippen LogP contribution in [0.3, 0.4) is 0 Å². The highest BCUT2D eigenvalue weighted by atomic mass is 28.3. The largest absolute Gasteiger partial charge is 0.440 e. The second-order valence-electron chi connectivity index (χ2n) is 21.0. The monoisotopic (exact) mass is 793 g/mol. The lowest BCUT2D eigenvalue weighted by Crippen LogP contribution is -2.61. The van der Waals surface area contributed by atoms with E-state index in [2.05, 4.69) is 201 Å².